The summed E-state index contributed by atoms with van der Waals surface area (Å²) in [5.41, 5.74) is -0.544. The molecule has 0 radical (unpaired) electrons. The van der Waals surface area contributed by atoms with E-state index in [1.54, 1.807) is 6.92 Å². The zero-order valence-corrected chi connectivity index (χ0v) is 11.9. The Morgan fingerprint density at radius 3 is 2.57 bits per heavy atom. The first-order chi connectivity index (χ1) is 9.75. The van der Waals surface area contributed by atoms with Crippen LogP contribution < -0.4 is 5.32 Å². The standard InChI is InChI=1S/C14H19F3N2O2/c1-10(18-13(21)19(2)7-8-20)9-11-5-3-4-6-12(11)14(15,16)17/h3-6,10,20H,7-9H2,1-2H3,(H,18,21). The maximum atomic E-state index is 12.9. The van der Waals surface area contributed by atoms with E-state index in [-0.39, 0.29) is 25.1 Å². The Balaban J connectivity index is 2.72. The van der Waals surface area contributed by atoms with Crippen LogP contribution in [0, 0.1) is 0 Å². The van der Waals surface area contributed by atoms with E-state index in [9.17, 15) is 18.0 Å². The lowest BCUT2D eigenvalue weighted by atomic mass is 10.0. The van der Waals surface area contributed by atoms with Crippen LogP contribution >= 0.6 is 0 Å². The number of amides is 2. The Labute approximate surface area is 121 Å². The average Bonchev–Trinajstić information content (AvgIpc) is 2.38. The van der Waals surface area contributed by atoms with Crippen molar-refractivity contribution in [1.29, 1.82) is 0 Å². The Hall–Kier alpha value is -1.76. The van der Waals surface area contributed by atoms with Gasteiger partial charge in [-0.3, -0.25) is 0 Å². The number of aliphatic hydroxyl groups excluding tert-OH is 1. The summed E-state index contributed by atoms with van der Waals surface area (Å²) in [4.78, 5) is 13.0. The Morgan fingerprint density at radius 2 is 2.00 bits per heavy atom. The molecule has 4 nitrogen and oxygen atoms in total. The van der Waals surface area contributed by atoms with Gasteiger partial charge in [0.25, 0.3) is 0 Å². The lowest BCUT2D eigenvalue weighted by Gasteiger charge is -2.21. The third-order valence-electron chi connectivity index (χ3n) is 3.00. The number of aliphatic hydroxyl groups is 1. The minimum absolute atomic E-state index is 0.0778. The van der Waals surface area contributed by atoms with Crippen LogP contribution in [0.2, 0.25) is 0 Å². The largest absolute Gasteiger partial charge is 0.416 e. The van der Waals surface area contributed by atoms with Crippen LogP contribution in [0.1, 0.15) is 18.1 Å². The maximum absolute atomic E-state index is 12.9. The van der Waals surface area contributed by atoms with Crippen molar-refractivity contribution in [3.05, 3.63) is 35.4 Å². The summed E-state index contributed by atoms with van der Waals surface area (Å²) < 4.78 is 38.6. The fourth-order valence-corrected chi connectivity index (χ4v) is 1.93. The molecule has 1 aromatic carbocycles. The molecule has 0 aliphatic carbocycles. The van der Waals surface area contributed by atoms with Gasteiger partial charge in [0.05, 0.1) is 12.2 Å². The quantitative estimate of drug-likeness (QED) is 0.877. The molecule has 0 saturated carbocycles. The topological polar surface area (TPSA) is 52.6 Å². The van der Waals surface area contributed by atoms with E-state index in [1.807, 2.05) is 0 Å². The second-order valence-corrected chi connectivity index (χ2v) is 4.85. The maximum Gasteiger partial charge on any atom is 0.416 e. The van der Waals surface area contributed by atoms with Gasteiger partial charge in [-0.2, -0.15) is 13.2 Å². The second kappa shape index (κ2) is 7.31. The molecule has 0 aliphatic rings. The number of likely N-dealkylation sites (N-methyl/N-ethyl adjacent to an activating group) is 1. The number of rotatable bonds is 5. The third kappa shape index (κ3) is 5.26. The molecule has 7 heteroatoms. The van der Waals surface area contributed by atoms with Crippen LogP contribution in [0.5, 0.6) is 0 Å². The number of urea groups is 1. The average molecular weight is 304 g/mol. The summed E-state index contributed by atoms with van der Waals surface area (Å²) in [6.45, 7) is 1.63. The van der Waals surface area contributed by atoms with Crippen molar-refractivity contribution in [3.63, 3.8) is 0 Å². The molecule has 0 saturated heterocycles. The molecule has 1 aromatic rings. The molecule has 0 aliphatic heterocycles. The molecule has 0 fully saturated rings. The molecule has 118 valence electrons. The molecule has 1 rings (SSSR count). The summed E-state index contributed by atoms with van der Waals surface area (Å²) in [5.74, 6) is 0. The summed E-state index contributed by atoms with van der Waals surface area (Å²) in [7, 11) is 1.50. The zero-order chi connectivity index (χ0) is 16.0. The molecule has 1 unspecified atom stereocenters. The highest BCUT2D eigenvalue weighted by Crippen LogP contribution is 2.32. The number of benzene rings is 1. The van der Waals surface area contributed by atoms with Gasteiger partial charge in [-0.1, -0.05) is 18.2 Å². The second-order valence-electron chi connectivity index (χ2n) is 4.85. The molecule has 0 aromatic heterocycles. The molecule has 0 heterocycles. The van der Waals surface area contributed by atoms with E-state index in [0.29, 0.717) is 0 Å². The molecule has 0 spiro atoms. The highest BCUT2D eigenvalue weighted by molar-refractivity contribution is 5.74. The third-order valence-corrected chi connectivity index (χ3v) is 3.00. The number of hydrogen-bond donors (Lipinski definition) is 2. The van der Waals surface area contributed by atoms with Gasteiger partial charge in [-0.05, 0) is 25.0 Å². The number of nitrogens with one attached hydrogen (secondary N) is 1. The van der Waals surface area contributed by atoms with Crippen molar-refractivity contribution in [1.82, 2.24) is 10.2 Å². The highest BCUT2D eigenvalue weighted by Gasteiger charge is 2.33. The minimum Gasteiger partial charge on any atom is -0.395 e. The van der Waals surface area contributed by atoms with Gasteiger partial charge in [0.2, 0.25) is 0 Å². The number of hydrogen-bond acceptors (Lipinski definition) is 2. The van der Waals surface area contributed by atoms with E-state index in [4.69, 9.17) is 5.11 Å². The van der Waals surface area contributed by atoms with Crippen molar-refractivity contribution in [2.45, 2.75) is 25.6 Å². The number of nitrogens with zero attached hydrogens (tertiary/aromatic N) is 1. The van der Waals surface area contributed by atoms with Gasteiger partial charge in [0, 0.05) is 19.6 Å². The summed E-state index contributed by atoms with van der Waals surface area (Å²) in [5, 5.41) is 11.3. The van der Waals surface area contributed by atoms with Crippen molar-refractivity contribution in [2.24, 2.45) is 0 Å². The lowest BCUT2D eigenvalue weighted by molar-refractivity contribution is -0.138. The van der Waals surface area contributed by atoms with E-state index in [2.05, 4.69) is 5.32 Å². The van der Waals surface area contributed by atoms with E-state index >= 15 is 0 Å². The number of carbonyl (C=O) groups excluding carboxylic acids is 1. The van der Waals surface area contributed by atoms with Gasteiger partial charge in [0.1, 0.15) is 0 Å². The van der Waals surface area contributed by atoms with Crippen molar-refractivity contribution in [2.75, 3.05) is 20.2 Å². The fourth-order valence-electron chi connectivity index (χ4n) is 1.93. The SMILES string of the molecule is CC(Cc1ccccc1C(F)(F)F)NC(=O)N(C)CCO. The van der Waals surface area contributed by atoms with Gasteiger partial charge in [-0.15, -0.1) is 0 Å². The molecule has 2 amide bonds. The fraction of sp³-hybridized carbons (Fsp3) is 0.500. The molecule has 2 N–H and O–H groups in total. The van der Waals surface area contributed by atoms with Crippen LogP contribution in [-0.2, 0) is 12.6 Å². The highest BCUT2D eigenvalue weighted by atomic mass is 19.4. The van der Waals surface area contributed by atoms with Crippen LogP contribution in [0.4, 0.5) is 18.0 Å². The number of carbonyl (C=O) groups is 1. The van der Waals surface area contributed by atoms with E-state index in [0.717, 1.165) is 6.07 Å². The van der Waals surface area contributed by atoms with Crippen molar-refractivity contribution >= 4 is 6.03 Å². The minimum atomic E-state index is -4.41. The smallest absolute Gasteiger partial charge is 0.395 e. The summed E-state index contributed by atoms with van der Waals surface area (Å²) >= 11 is 0. The summed E-state index contributed by atoms with van der Waals surface area (Å²) in [6.07, 6.45) is -4.33. The van der Waals surface area contributed by atoms with Crippen molar-refractivity contribution < 1.29 is 23.1 Å². The molecule has 1 atom stereocenters. The van der Waals surface area contributed by atoms with Gasteiger partial charge in [-0.25, -0.2) is 4.79 Å². The van der Waals surface area contributed by atoms with Crippen LogP contribution in [-0.4, -0.2) is 42.3 Å². The van der Waals surface area contributed by atoms with E-state index < -0.39 is 23.8 Å². The summed E-state index contributed by atoms with van der Waals surface area (Å²) in [6, 6.07) is 4.43. The first-order valence-corrected chi connectivity index (χ1v) is 6.53. The van der Waals surface area contributed by atoms with Gasteiger partial charge < -0.3 is 15.3 Å². The number of alkyl halides is 3. The van der Waals surface area contributed by atoms with Crippen LogP contribution in [0.25, 0.3) is 0 Å². The predicted molar refractivity (Wildman–Crippen MR) is 72.9 cm³/mol. The first kappa shape index (κ1) is 17.3. The first-order valence-electron chi connectivity index (χ1n) is 6.53. The lowest BCUT2D eigenvalue weighted by Crippen LogP contribution is -2.43. The molecular formula is C14H19F3N2O2. The van der Waals surface area contributed by atoms with Gasteiger partial charge in [0.15, 0.2) is 0 Å². The van der Waals surface area contributed by atoms with Crippen LogP contribution in [0.3, 0.4) is 0 Å². The molecular weight excluding hydrogens is 285 g/mol. The van der Waals surface area contributed by atoms with Crippen LogP contribution in [0.15, 0.2) is 24.3 Å². The zero-order valence-electron chi connectivity index (χ0n) is 11.9. The monoisotopic (exact) mass is 304 g/mol. The molecule has 21 heavy (non-hydrogen) atoms. The predicted octanol–water partition coefficient (Wildman–Crippen LogP) is 2.27. The Morgan fingerprint density at radius 1 is 1.38 bits per heavy atom. The molecule has 0 bridgehead atoms. The Kier molecular flexibility index (Phi) is 6.02. The Bertz CT molecular complexity index is 478. The number of halogens is 3. The normalized spacial score (nSPS) is 12.9. The van der Waals surface area contributed by atoms with Crippen molar-refractivity contribution in [3.8, 4) is 0 Å². The van der Waals surface area contributed by atoms with Gasteiger partial charge >= 0.3 is 12.2 Å². The van der Waals surface area contributed by atoms with E-state index in [1.165, 1.54) is 30.1 Å².